The highest BCUT2D eigenvalue weighted by Crippen LogP contribution is 2.44. The number of hydrogen-bond donors (Lipinski definition) is 0. The molecule has 0 amide bonds. The number of benzene rings is 1. The van der Waals surface area contributed by atoms with Crippen molar-refractivity contribution in [3.63, 3.8) is 0 Å². The third-order valence-electron chi connectivity index (χ3n) is 4.75. The molecule has 0 aliphatic heterocycles. The molecule has 2 aliphatic rings. The van der Waals surface area contributed by atoms with E-state index in [2.05, 4.69) is 24.3 Å². The zero-order chi connectivity index (χ0) is 13.9. The van der Waals surface area contributed by atoms with Gasteiger partial charge in [0.15, 0.2) is 0 Å². The third kappa shape index (κ3) is 2.43. The van der Waals surface area contributed by atoms with Crippen LogP contribution in [0.15, 0.2) is 23.8 Å². The summed E-state index contributed by atoms with van der Waals surface area (Å²) in [7, 11) is 3.56. The molecule has 2 nitrogen and oxygen atoms in total. The molecule has 1 saturated carbocycles. The highest BCUT2D eigenvalue weighted by molar-refractivity contribution is 5.69. The predicted octanol–water partition coefficient (Wildman–Crippen LogP) is 4.12. The van der Waals surface area contributed by atoms with Crippen LogP contribution in [0.25, 0.3) is 6.08 Å². The lowest BCUT2D eigenvalue weighted by molar-refractivity contribution is 0.174. The molecule has 20 heavy (non-hydrogen) atoms. The van der Waals surface area contributed by atoms with Crippen molar-refractivity contribution in [3.05, 3.63) is 40.5 Å². The van der Waals surface area contributed by atoms with E-state index < -0.39 is 0 Å². The van der Waals surface area contributed by atoms with Crippen LogP contribution >= 0.6 is 0 Å². The van der Waals surface area contributed by atoms with Crippen LogP contribution in [0.3, 0.4) is 0 Å². The van der Waals surface area contributed by atoms with E-state index in [1.807, 2.05) is 0 Å². The maximum Gasteiger partial charge on any atom is 0.0683 e. The van der Waals surface area contributed by atoms with Gasteiger partial charge in [-0.3, -0.25) is 0 Å². The van der Waals surface area contributed by atoms with Crippen LogP contribution in [-0.4, -0.2) is 27.4 Å². The van der Waals surface area contributed by atoms with E-state index in [0.717, 1.165) is 12.5 Å². The first-order valence-corrected chi connectivity index (χ1v) is 7.66. The molecule has 0 N–H and O–H groups in total. The monoisotopic (exact) mass is 272 g/mol. The molecule has 1 aromatic carbocycles. The SMILES string of the molecule is COCC1=Cc2cccc(C3CCCC3)c2C1COC. The van der Waals surface area contributed by atoms with E-state index in [9.17, 15) is 0 Å². The molecule has 2 aliphatic carbocycles. The van der Waals surface area contributed by atoms with Gasteiger partial charge in [-0.1, -0.05) is 37.1 Å². The second kappa shape index (κ2) is 6.11. The fourth-order valence-corrected chi connectivity index (χ4v) is 3.87. The van der Waals surface area contributed by atoms with Crippen molar-refractivity contribution in [2.75, 3.05) is 27.4 Å². The summed E-state index contributed by atoms with van der Waals surface area (Å²) in [5.41, 5.74) is 5.80. The van der Waals surface area contributed by atoms with Crippen molar-refractivity contribution in [1.82, 2.24) is 0 Å². The number of fused-ring (bicyclic) bond motifs is 1. The van der Waals surface area contributed by atoms with Gasteiger partial charge in [-0.2, -0.15) is 0 Å². The summed E-state index contributed by atoms with van der Waals surface area (Å²) in [5.74, 6) is 1.13. The molecule has 1 aromatic rings. The van der Waals surface area contributed by atoms with Gasteiger partial charge in [0.2, 0.25) is 0 Å². The van der Waals surface area contributed by atoms with Gasteiger partial charge in [0, 0.05) is 20.1 Å². The molecule has 2 heteroatoms. The van der Waals surface area contributed by atoms with Gasteiger partial charge < -0.3 is 9.47 Å². The maximum absolute atomic E-state index is 5.48. The molecule has 108 valence electrons. The molecule has 0 spiro atoms. The number of hydrogen-bond acceptors (Lipinski definition) is 2. The van der Waals surface area contributed by atoms with E-state index in [-0.39, 0.29) is 0 Å². The van der Waals surface area contributed by atoms with Crippen LogP contribution in [0.1, 0.15) is 54.2 Å². The van der Waals surface area contributed by atoms with Crippen molar-refractivity contribution in [3.8, 4) is 0 Å². The Kier molecular flexibility index (Phi) is 4.23. The summed E-state index contributed by atoms with van der Waals surface area (Å²) < 4.78 is 10.9. The first-order chi connectivity index (χ1) is 9.85. The normalized spacial score (nSPS) is 22.1. The lowest BCUT2D eigenvalue weighted by Crippen LogP contribution is -2.13. The fraction of sp³-hybridized carbons (Fsp3) is 0.556. The first-order valence-electron chi connectivity index (χ1n) is 7.66. The minimum absolute atomic E-state index is 0.381. The number of methoxy groups -OCH3 is 2. The van der Waals surface area contributed by atoms with Crippen LogP contribution in [0.4, 0.5) is 0 Å². The maximum atomic E-state index is 5.48. The van der Waals surface area contributed by atoms with Crippen molar-refractivity contribution in [2.24, 2.45) is 0 Å². The Morgan fingerprint density at radius 1 is 1.10 bits per heavy atom. The molecule has 1 unspecified atom stereocenters. The average molecular weight is 272 g/mol. The molecule has 1 fully saturated rings. The van der Waals surface area contributed by atoms with Crippen LogP contribution in [0.2, 0.25) is 0 Å². The van der Waals surface area contributed by atoms with E-state index in [1.54, 1.807) is 19.8 Å². The molecule has 1 atom stereocenters. The Labute approximate surface area is 121 Å². The van der Waals surface area contributed by atoms with E-state index in [1.165, 1.54) is 42.4 Å². The van der Waals surface area contributed by atoms with Gasteiger partial charge in [0.1, 0.15) is 0 Å². The summed E-state index contributed by atoms with van der Waals surface area (Å²) in [4.78, 5) is 0. The van der Waals surface area contributed by atoms with Crippen LogP contribution in [-0.2, 0) is 9.47 Å². The fourth-order valence-electron chi connectivity index (χ4n) is 3.87. The standard InChI is InChI=1S/C18H24O2/c1-19-11-15-10-14-8-5-9-16(13-6-3-4-7-13)18(14)17(15)12-20-2/h5,8-10,13,17H,3-4,6-7,11-12H2,1-2H3. The summed E-state index contributed by atoms with van der Waals surface area (Å²) in [6.07, 6.45) is 7.75. The smallest absolute Gasteiger partial charge is 0.0683 e. The Bertz CT molecular complexity index is 498. The number of rotatable bonds is 5. The first kappa shape index (κ1) is 13.8. The van der Waals surface area contributed by atoms with Gasteiger partial charge in [0.05, 0.1) is 13.2 Å². The van der Waals surface area contributed by atoms with Crippen molar-refractivity contribution >= 4 is 6.08 Å². The molecule has 0 bridgehead atoms. The second-order valence-electron chi connectivity index (χ2n) is 5.99. The highest BCUT2D eigenvalue weighted by atomic mass is 16.5. The molecule has 0 heterocycles. The Balaban J connectivity index is 1.98. The van der Waals surface area contributed by atoms with Crippen LogP contribution in [0.5, 0.6) is 0 Å². The molecule has 0 aromatic heterocycles. The van der Waals surface area contributed by atoms with Crippen molar-refractivity contribution in [1.29, 1.82) is 0 Å². The average Bonchev–Trinajstić information content (AvgIpc) is 3.08. The summed E-state index contributed by atoms with van der Waals surface area (Å²) in [6.45, 7) is 1.46. The van der Waals surface area contributed by atoms with Gasteiger partial charge in [0.25, 0.3) is 0 Å². The van der Waals surface area contributed by atoms with E-state index in [4.69, 9.17) is 9.47 Å². The van der Waals surface area contributed by atoms with Gasteiger partial charge >= 0.3 is 0 Å². The molecular formula is C18H24O2. The van der Waals surface area contributed by atoms with Gasteiger partial charge in [-0.25, -0.2) is 0 Å². The number of ether oxygens (including phenoxy) is 2. The van der Waals surface area contributed by atoms with Crippen molar-refractivity contribution in [2.45, 2.75) is 37.5 Å². The minimum Gasteiger partial charge on any atom is -0.384 e. The summed E-state index contributed by atoms with van der Waals surface area (Å²) in [6, 6.07) is 6.78. The predicted molar refractivity (Wildman–Crippen MR) is 82.1 cm³/mol. The molecule has 0 radical (unpaired) electrons. The lowest BCUT2D eigenvalue weighted by Gasteiger charge is -2.22. The summed E-state index contributed by atoms with van der Waals surface area (Å²) in [5, 5.41) is 0. The Hall–Kier alpha value is -1.12. The minimum atomic E-state index is 0.381. The Morgan fingerprint density at radius 3 is 2.60 bits per heavy atom. The third-order valence-corrected chi connectivity index (χ3v) is 4.75. The van der Waals surface area contributed by atoms with Crippen LogP contribution < -0.4 is 0 Å². The quantitative estimate of drug-likeness (QED) is 0.803. The molecule has 3 rings (SSSR count). The second-order valence-corrected chi connectivity index (χ2v) is 5.99. The Morgan fingerprint density at radius 2 is 1.90 bits per heavy atom. The summed E-state index contributed by atoms with van der Waals surface area (Å²) >= 11 is 0. The largest absolute Gasteiger partial charge is 0.384 e. The van der Waals surface area contributed by atoms with Crippen molar-refractivity contribution < 1.29 is 9.47 Å². The lowest BCUT2D eigenvalue weighted by atomic mass is 9.85. The zero-order valence-corrected chi connectivity index (χ0v) is 12.5. The van der Waals surface area contributed by atoms with E-state index >= 15 is 0 Å². The molecule has 0 saturated heterocycles. The van der Waals surface area contributed by atoms with Crippen LogP contribution in [0, 0.1) is 0 Å². The topological polar surface area (TPSA) is 18.5 Å². The molecular weight excluding hydrogens is 248 g/mol. The van der Waals surface area contributed by atoms with E-state index in [0.29, 0.717) is 12.5 Å². The van der Waals surface area contributed by atoms with Gasteiger partial charge in [-0.05, 0) is 41.0 Å². The highest BCUT2D eigenvalue weighted by Gasteiger charge is 2.30. The van der Waals surface area contributed by atoms with Gasteiger partial charge in [-0.15, -0.1) is 0 Å². The zero-order valence-electron chi connectivity index (χ0n) is 12.5.